The van der Waals surface area contributed by atoms with E-state index in [-0.39, 0.29) is 16.7 Å². The molecule has 0 fully saturated rings. The number of thiol groups is 2. The van der Waals surface area contributed by atoms with Crippen molar-refractivity contribution in [1.29, 1.82) is 0 Å². The normalized spacial score (nSPS) is 14.0. The van der Waals surface area contributed by atoms with Gasteiger partial charge < -0.3 is 0 Å². The topological polar surface area (TPSA) is 47.0 Å². The van der Waals surface area contributed by atoms with Crippen LogP contribution in [0, 0.1) is 0 Å². The van der Waals surface area contributed by atoms with Crippen LogP contribution in [0.3, 0.4) is 0 Å². The van der Waals surface area contributed by atoms with Crippen molar-refractivity contribution in [3.63, 3.8) is 0 Å². The molecule has 0 N–H and O–H groups in total. The van der Waals surface area contributed by atoms with Gasteiger partial charge in [0.15, 0.2) is 10.2 Å². The molecule has 1 aromatic carbocycles. The van der Waals surface area contributed by atoms with E-state index in [0.29, 0.717) is 11.4 Å². The lowest BCUT2D eigenvalue weighted by atomic mass is 9.81. The monoisotopic (exact) mass is 339 g/mol. The van der Waals surface area contributed by atoms with Gasteiger partial charge in [0.2, 0.25) is 0 Å². The summed E-state index contributed by atoms with van der Waals surface area (Å²) in [6.07, 6.45) is 2.38. The summed E-state index contributed by atoms with van der Waals surface area (Å²) in [5, 5.41) is 0.0460. The van der Waals surface area contributed by atoms with Gasteiger partial charge in [-0.2, -0.15) is 0 Å². The Bertz CT molecular complexity index is 635. The van der Waals surface area contributed by atoms with E-state index < -0.39 is 5.41 Å². The minimum absolute atomic E-state index is 0.0399. The quantitative estimate of drug-likeness (QED) is 0.749. The van der Waals surface area contributed by atoms with E-state index in [4.69, 9.17) is 0 Å². The van der Waals surface area contributed by atoms with Crippen LogP contribution in [0.25, 0.3) is 10.2 Å². The first-order valence-electron chi connectivity index (χ1n) is 6.81. The highest BCUT2D eigenvalue weighted by Gasteiger charge is 2.42. The molecule has 1 unspecified atom stereocenters. The van der Waals surface area contributed by atoms with Crippen molar-refractivity contribution in [3.8, 4) is 0 Å². The zero-order chi connectivity index (χ0) is 15.5. The molecule has 2 aromatic rings. The Morgan fingerprint density at radius 3 is 2.57 bits per heavy atom. The number of hydrogen-bond donors (Lipinski definition) is 2. The summed E-state index contributed by atoms with van der Waals surface area (Å²) >= 11 is 9.39. The Morgan fingerprint density at radius 2 is 2.00 bits per heavy atom. The average molecular weight is 340 g/mol. The van der Waals surface area contributed by atoms with Gasteiger partial charge in [0.25, 0.3) is 0 Å². The number of nitrogens with zero attached hydrogens (tertiary/aromatic N) is 1. The molecule has 1 heterocycles. The Balaban J connectivity index is 2.54. The van der Waals surface area contributed by atoms with E-state index in [1.165, 1.54) is 11.3 Å². The minimum atomic E-state index is -0.957. The van der Waals surface area contributed by atoms with E-state index in [2.05, 4.69) is 37.2 Å². The van der Waals surface area contributed by atoms with Gasteiger partial charge >= 0.3 is 0 Å². The molecule has 0 aliphatic carbocycles. The molecule has 0 aliphatic heterocycles. The van der Waals surface area contributed by atoms with Crippen LogP contribution >= 0.6 is 36.6 Å². The van der Waals surface area contributed by atoms with Crippen LogP contribution in [-0.4, -0.2) is 15.2 Å². The van der Waals surface area contributed by atoms with E-state index >= 15 is 0 Å². The lowest BCUT2D eigenvalue weighted by Crippen LogP contribution is -2.34. The van der Waals surface area contributed by atoms with Gasteiger partial charge in [-0.15, -0.1) is 36.6 Å². The molecule has 1 atom stereocenters. The number of carbonyl (C=O) groups excluding carboxylic acids is 2. The molecule has 2 rings (SSSR count). The maximum Gasteiger partial charge on any atom is 0.199 e. The van der Waals surface area contributed by atoms with Gasteiger partial charge in [0.1, 0.15) is 5.01 Å². The second-order valence-electron chi connectivity index (χ2n) is 5.05. The molecule has 6 heteroatoms. The van der Waals surface area contributed by atoms with E-state index in [9.17, 15) is 9.59 Å². The fraction of sp³-hybridized carbons (Fsp3) is 0.400. The summed E-state index contributed by atoms with van der Waals surface area (Å²) < 4.78 is 1.01. The van der Waals surface area contributed by atoms with Crippen LogP contribution < -0.4 is 0 Å². The van der Waals surface area contributed by atoms with Gasteiger partial charge in [-0.25, -0.2) is 4.98 Å². The Labute approximate surface area is 139 Å². The number of para-hydroxylation sites is 1. The molecule has 21 heavy (non-hydrogen) atoms. The van der Waals surface area contributed by atoms with E-state index in [1.54, 1.807) is 0 Å². The maximum absolute atomic E-state index is 12.2. The molecule has 0 saturated carbocycles. The first-order valence-corrected chi connectivity index (χ1v) is 8.52. The predicted molar refractivity (Wildman–Crippen MR) is 93.4 cm³/mol. The van der Waals surface area contributed by atoms with Crippen molar-refractivity contribution < 1.29 is 9.59 Å². The lowest BCUT2D eigenvalue weighted by molar-refractivity contribution is -0.120. The number of fused-ring (bicyclic) bond motifs is 1. The third-order valence-electron chi connectivity index (χ3n) is 3.52. The fourth-order valence-electron chi connectivity index (χ4n) is 2.36. The molecule has 0 saturated heterocycles. The summed E-state index contributed by atoms with van der Waals surface area (Å²) in [4.78, 5) is 28.4. The number of thiazole rings is 1. The third-order valence-corrected chi connectivity index (χ3v) is 5.35. The van der Waals surface area contributed by atoms with Gasteiger partial charge in [-0.3, -0.25) is 9.59 Å². The number of aromatic nitrogens is 1. The van der Waals surface area contributed by atoms with Gasteiger partial charge in [-0.1, -0.05) is 31.9 Å². The van der Waals surface area contributed by atoms with E-state index in [1.807, 2.05) is 24.3 Å². The summed E-state index contributed by atoms with van der Waals surface area (Å²) in [6, 6.07) is 7.72. The predicted octanol–water partition coefficient (Wildman–Crippen LogP) is 4.03. The first kappa shape index (κ1) is 16.5. The highest BCUT2D eigenvalue weighted by molar-refractivity contribution is 7.97. The third kappa shape index (κ3) is 3.49. The molecular formula is C15H17NO2S3. The molecule has 0 aliphatic rings. The number of benzene rings is 1. The Hall–Kier alpha value is -0.850. The maximum atomic E-state index is 12.2. The number of hydrogen-bond acceptors (Lipinski definition) is 4. The average Bonchev–Trinajstić information content (AvgIpc) is 2.86. The highest BCUT2D eigenvalue weighted by Crippen LogP contribution is 2.40. The molecule has 112 valence electrons. The van der Waals surface area contributed by atoms with Crippen LogP contribution in [0.4, 0.5) is 0 Å². The molecule has 3 nitrogen and oxygen atoms in total. The largest absolute Gasteiger partial charge is 0.287 e. The van der Waals surface area contributed by atoms with Crippen LogP contribution in [0.15, 0.2) is 24.3 Å². The standard InChI is InChI=1S/C15H17NO2S3/c1-2-3-8-15(14(18)20,9-12(17)19)13-16-10-6-4-5-7-11(10)21-13/h4-7H,2-3,8-9H2,1H3,(H,17,19)(H,18,20). The first-order chi connectivity index (χ1) is 9.99. The molecule has 0 radical (unpaired) electrons. The second kappa shape index (κ2) is 6.94. The van der Waals surface area contributed by atoms with Crippen molar-refractivity contribution in [2.24, 2.45) is 0 Å². The summed E-state index contributed by atoms with van der Waals surface area (Å²) in [5.41, 5.74) is -0.110. The SMILES string of the molecule is CCCCC(CC(=O)S)(C(=O)S)c1nc2ccccc2s1. The van der Waals surface area contributed by atoms with Crippen molar-refractivity contribution in [2.75, 3.05) is 0 Å². The van der Waals surface area contributed by atoms with Gasteiger partial charge in [0.05, 0.1) is 15.6 Å². The Morgan fingerprint density at radius 1 is 1.29 bits per heavy atom. The molecule has 1 aromatic heterocycles. The number of rotatable bonds is 7. The van der Waals surface area contributed by atoms with Crippen LogP contribution in [0.5, 0.6) is 0 Å². The van der Waals surface area contributed by atoms with Crippen LogP contribution in [0.1, 0.15) is 37.6 Å². The molecule has 0 bridgehead atoms. The van der Waals surface area contributed by atoms with Crippen LogP contribution in [-0.2, 0) is 15.0 Å². The van der Waals surface area contributed by atoms with Crippen molar-refractivity contribution in [2.45, 2.75) is 38.0 Å². The zero-order valence-electron chi connectivity index (χ0n) is 11.7. The van der Waals surface area contributed by atoms with Gasteiger partial charge in [0, 0.05) is 6.42 Å². The summed E-state index contributed by atoms with van der Waals surface area (Å²) in [6.45, 7) is 2.05. The zero-order valence-corrected chi connectivity index (χ0v) is 14.3. The smallest absolute Gasteiger partial charge is 0.199 e. The van der Waals surface area contributed by atoms with Crippen molar-refractivity contribution in [1.82, 2.24) is 4.98 Å². The molecule has 0 spiro atoms. The van der Waals surface area contributed by atoms with Gasteiger partial charge in [-0.05, 0) is 18.6 Å². The minimum Gasteiger partial charge on any atom is -0.287 e. The summed E-state index contributed by atoms with van der Waals surface area (Å²) in [7, 11) is 0. The number of unbranched alkanes of at least 4 members (excludes halogenated alkanes) is 1. The van der Waals surface area contributed by atoms with Crippen LogP contribution in [0.2, 0.25) is 0 Å². The summed E-state index contributed by atoms with van der Waals surface area (Å²) in [5.74, 6) is 0. The highest BCUT2D eigenvalue weighted by atomic mass is 32.1. The van der Waals surface area contributed by atoms with Crippen molar-refractivity contribution in [3.05, 3.63) is 29.3 Å². The lowest BCUT2D eigenvalue weighted by Gasteiger charge is -2.27. The molecular weight excluding hydrogens is 322 g/mol. The molecule has 0 amide bonds. The second-order valence-corrected chi connectivity index (χ2v) is 6.98. The fourth-order valence-corrected chi connectivity index (χ4v) is 4.18. The number of carbonyl (C=O) groups is 2. The van der Waals surface area contributed by atoms with E-state index in [0.717, 1.165) is 23.1 Å². The Kier molecular flexibility index (Phi) is 5.46. The van der Waals surface area contributed by atoms with Crippen molar-refractivity contribution >= 4 is 57.0 Å².